The van der Waals surface area contributed by atoms with Crippen LogP contribution in [0.1, 0.15) is 17.3 Å². The van der Waals surface area contributed by atoms with Gasteiger partial charge in [0.25, 0.3) is 5.88 Å². The van der Waals surface area contributed by atoms with Crippen LogP contribution in [0.25, 0.3) is 16.7 Å². The lowest BCUT2D eigenvalue weighted by molar-refractivity contribution is 0.0524. The summed E-state index contributed by atoms with van der Waals surface area (Å²) < 4.78 is 80.1. The van der Waals surface area contributed by atoms with Crippen LogP contribution in [0.2, 0.25) is 0 Å². The number of carbonyl (C=O) groups is 1. The molecule has 13 heteroatoms. The molecule has 0 radical (unpaired) electrons. The van der Waals surface area contributed by atoms with Crippen molar-refractivity contribution < 1.29 is 40.8 Å². The van der Waals surface area contributed by atoms with Gasteiger partial charge in [0, 0.05) is 12.3 Å². The van der Waals surface area contributed by atoms with Crippen molar-refractivity contribution in [2.75, 3.05) is 6.61 Å². The lowest BCUT2D eigenvalue weighted by Gasteiger charge is -2.20. The third-order valence-corrected chi connectivity index (χ3v) is 6.95. The molecule has 0 amide bonds. The second-order valence-electron chi connectivity index (χ2n) is 8.55. The van der Waals surface area contributed by atoms with Crippen LogP contribution in [0.4, 0.5) is 13.2 Å². The summed E-state index contributed by atoms with van der Waals surface area (Å²) in [5.74, 6) is -5.14. The molecule has 0 unspecified atom stereocenters. The number of phosphoric ester groups is 1. The SMILES string of the molecule is CCOC(=O)c1cn(-c2ccc(F)cc2F)c2nc(OP(=O)(Oc3ccccc3)Oc3ccccc3)c(F)cc2c1=O. The van der Waals surface area contributed by atoms with E-state index in [0.717, 1.165) is 22.9 Å². The van der Waals surface area contributed by atoms with Crippen LogP contribution in [-0.4, -0.2) is 22.1 Å². The molecule has 0 fully saturated rings. The first-order valence-electron chi connectivity index (χ1n) is 12.3. The molecule has 0 spiro atoms. The van der Waals surface area contributed by atoms with Gasteiger partial charge in [0.2, 0.25) is 5.43 Å². The van der Waals surface area contributed by atoms with Gasteiger partial charge in [-0.2, -0.15) is 9.55 Å². The molecule has 42 heavy (non-hydrogen) atoms. The van der Waals surface area contributed by atoms with Crippen LogP contribution < -0.4 is 19.0 Å². The molecule has 0 saturated carbocycles. The number of phosphoric acid groups is 1. The summed E-state index contributed by atoms with van der Waals surface area (Å²) in [6, 6.07) is 18.8. The van der Waals surface area contributed by atoms with Gasteiger partial charge < -0.3 is 18.3 Å². The summed E-state index contributed by atoms with van der Waals surface area (Å²) in [7, 11) is -4.73. The van der Waals surface area contributed by atoms with Crippen molar-refractivity contribution in [1.82, 2.24) is 9.55 Å². The molecule has 5 aromatic rings. The number of fused-ring (bicyclic) bond motifs is 1. The van der Waals surface area contributed by atoms with Crippen LogP contribution in [0.3, 0.4) is 0 Å². The number of benzene rings is 3. The highest BCUT2D eigenvalue weighted by Crippen LogP contribution is 2.50. The highest BCUT2D eigenvalue weighted by molar-refractivity contribution is 7.49. The molecule has 9 nitrogen and oxygen atoms in total. The summed E-state index contributed by atoms with van der Waals surface area (Å²) in [6.07, 6.45) is 0.925. The van der Waals surface area contributed by atoms with Gasteiger partial charge >= 0.3 is 13.8 Å². The number of rotatable bonds is 9. The Bertz CT molecular complexity index is 1840. The van der Waals surface area contributed by atoms with E-state index in [-0.39, 0.29) is 23.8 Å². The number of aromatic nitrogens is 2. The first-order chi connectivity index (χ1) is 20.2. The number of pyridine rings is 2. The molecule has 0 aliphatic rings. The molecule has 0 N–H and O–H groups in total. The Balaban J connectivity index is 1.69. The molecule has 2 heterocycles. The quantitative estimate of drug-likeness (QED) is 0.138. The van der Waals surface area contributed by atoms with Crippen molar-refractivity contribution in [2.45, 2.75) is 6.92 Å². The van der Waals surface area contributed by atoms with Gasteiger partial charge in [0.05, 0.1) is 17.7 Å². The Morgan fingerprint density at radius 2 is 1.48 bits per heavy atom. The number of ether oxygens (including phenoxy) is 1. The highest BCUT2D eigenvalue weighted by atomic mass is 31.2. The lowest BCUT2D eigenvalue weighted by atomic mass is 10.1. The minimum atomic E-state index is -4.73. The molecule has 0 bridgehead atoms. The number of para-hydroxylation sites is 2. The highest BCUT2D eigenvalue weighted by Gasteiger charge is 2.35. The monoisotopic (exact) mass is 596 g/mol. The van der Waals surface area contributed by atoms with E-state index >= 15 is 4.39 Å². The number of halogens is 3. The van der Waals surface area contributed by atoms with E-state index < -0.39 is 59.1 Å². The molecule has 2 aromatic heterocycles. The zero-order valence-electron chi connectivity index (χ0n) is 21.7. The summed E-state index contributed by atoms with van der Waals surface area (Å²) >= 11 is 0. The maximum Gasteiger partial charge on any atom is 0.648 e. The predicted octanol–water partition coefficient (Wildman–Crippen LogP) is 6.62. The third-order valence-electron chi connectivity index (χ3n) is 5.68. The van der Waals surface area contributed by atoms with Crippen molar-refractivity contribution >= 4 is 24.8 Å². The molecule has 0 saturated heterocycles. The Labute approximate surface area is 236 Å². The number of carbonyl (C=O) groups excluding carboxylic acids is 1. The number of nitrogens with zero attached hydrogens (tertiary/aromatic N) is 2. The normalized spacial score (nSPS) is 11.2. The van der Waals surface area contributed by atoms with Crippen LogP contribution in [0, 0.1) is 17.5 Å². The second-order valence-corrected chi connectivity index (χ2v) is 9.99. The average molecular weight is 596 g/mol. The standard InChI is InChI=1S/C29H20F3N2O7P/c1-2-38-29(36)22-17-34(25-14-13-18(30)15-23(25)31)27-21(26(22)35)16-24(32)28(33-27)41-42(37,39-19-9-5-3-6-10-19)40-20-11-7-4-8-12-20/h3-17H,2H2,1H3. The summed E-state index contributed by atoms with van der Waals surface area (Å²) in [5, 5.41) is -0.475. The Morgan fingerprint density at radius 3 is 2.05 bits per heavy atom. The maximum atomic E-state index is 15.4. The lowest BCUT2D eigenvalue weighted by Crippen LogP contribution is -2.22. The largest absolute Gasteiger partial charge is 0.648 e. The summed E-state index contributed by atoms with van der Waals surface area (Å²) in [5.41, 5.74) is -2.31. The van der Waals surface area contributed by atoms with Gasteiger partial charge in [-0.25, -0.2) is 18.0 Å². The topological polar surface area (TPSA) is 106 Å². The molecule has 0 aliphatic heterocycles. The molecule has 0 atom stereocenters. The van der Waals surface area contributed by atoms with Crippen LogP contribution in [-0.2, 0) is 9.30 Å². The molecule has 214 valence electrons. The Hall–Kier alpha value is -5.09. The van der Waals surface area contributed by atoms with Gasteiger partial charge in [-0.15, -0.1) is 0 Å². The van der Waals surface area contributed by atoms with Gasteiger partial charge in [0.1, 0.15) is 28.7 Å². The Kier molecular flexibility index (Phi) is 7.99. The van der Waals surface area contributed by atoms with Crippen LogP contribution in [0.15, 0.2) is 95.9 Å². The first-order valence-corrected chi connectivity index (χ1v) is 13.8. The fourth-order valence-corrected chi connectivity index (χ4v) is 5.08. The summed E-state index contributed by atoms with van der Waals surface area (Å²) in [6.45, 7) is 1.42. The molecular weight excluding hydrogens is 576 g/mol. The van der Waals surface area contributed by atoms with Crippen molar-refractivity contribution in [3.8, 4) is 23.1 Å². The van der Waals surface area contributed by atoms with Crippen molar-refractivity contribution in [3.63, 3.8) is 0 Å². The fraction of sp³-hybridized carbons (Fsp3) is 0.0690. The molecule has 0 aliphatic carbocycles. The van der Waals surface area contributed by atoms with Gasteiger partial charge in [0.15, 0.2) is 11.5 Å². The molecular formula is C29H20F3N2O7P. The Morgan fingerprint density at radius 1 is 0.857 bits per heavy atom. The van der Waals surface area contributed by atoms with Crippen LogP contribution in [0.5, 0.6) is 17.4 Å². The van der Waals surface area contributed by atoms with Gasteiger partial charge in [-0.1, -0.05) is 36.4 Å². The van der Waals surface area contributed by atoms with Crippen LogP contribution >= 0.6 is 7.82 Å². The zero-order chi connectivity index (χ0) is 29.9. The van der Waals surface area contributed by atoms with Crippen molar-refractivity contribution in [1.29, 1.82) is 0 Å². The van der Waals surface area contributed by atoms with E-state index in [0.29, 0.717) is 12.1 Å². The van der Waals surface area contributed by atoms with E-state index in [4.69, 9.17) is 18.3 Å². The van der Waals surface area contributed by atoms with E-state index in [1.165, 1.54) is 31.2 Å². The first kappa shape index (κ1) is 28.4. The van der Waals surface area contributed by atoms with Gasteiger partial charge in [-0.05, 0) is 49.4 Å². The van der Waals surface area contributed by atoms with E-state index in [1.807, 2.05) is 0 Å². The average Bonchev–Trinajstić information content (AvgIpc) is 2.95. The van der Waals surface area contributed by atoms with E-state index in [1.54, 1.807) is 36.4 Å². The number of hydrogen-bond acceptors (Lipinski definition) is 8. The zero-order valence-corrected chi connectivity index (χ0v) is 22.6. The predicted molar refractivity (Wildman–Crippen MR) is 146 cm³/mol. The van der Waals surface area contributed by atoms with Crippen molar-refractivity contribution in [3.05, 3.63) is 124 Å². The van der Waals surface area contributed by atoms with E-state index in [2.05, 4.69) is 4.98 Å². The number of esters is 1. The third kappa shape index (κ3) is 5.98. The van der Waals surface area contributed by atoms with E-state index in [9.17, 15) is 22.9 Å². The van der Waals surface area contributed by atoms with Crippen molar-refractivity contribution in [2.24, 2.45) is 0 Å². The number of hydrogen-bond donors (Lipinski definition) is 0. The fourth-order valence-electron chi connectivity index (χ4n) is 3.87. The smallest absolute Gasteiger partial charge is 0.462 e. The molecule has 3 aromatic carbocycles. The summed E-state index contributed by atoms with van der Waals surface area (Å²) in [4.78, 5) is 29.7. The minimum Gasteiger partial charge on any atom is -0.462 e. The molecule has 5 rings (SSSR count). The van der Waals surface area contributed by atoms with Gasteiger partial charge in [-0.3, -0.25) is 9.36 Å². The second kappa shape index (κ2) is 11.8. The maximum absolute atomic E-state index is 15.4. The minimum absolute atomic E-state index is 0.0577.